The molecule has 3 nitrogen and oxygen atoms in total. The van der Waals surface area contributed by atoms with E-state index in [1.807, 2.05) is 48.5 Å². The molecule has 4 rings (SSSR count). The van der Waals surface area contributed by atoms with E-state index in [1.165, 1.54) is 0 Å². The Balaban J connectivity index is 1.82. The summed E-state index contributed by atoms with van der Waals surface area (Å²) >= 11 is 12.2. The molecule has 0 amide bonds. The van der Waals surface area contributed by atoms with Crippen LogP contribution in [-0.2, 0) is 0 Å². The van der Waals surface area contributed by atoms with Gasteiger partial charge in [0.25, 0.3) is 0 Å². The summed E-state index contributed by atoms with van der Waals surface area (Å²) in [4.78, 5) is 0. The first-order valence-electron chi connectivity index (χ1n) is 8.18. The van der Waals surface area contributed by atoms with Crippen LogP contribution in [0.3, 0.4) is 0 Å². The van der Waals surface area contributed by atoms with Crippen LogP contribution >= 0.6 is 23.2 Å². The highest BCUT2D eigenvalue weighted by Gasteiger charge is 2.12. The molecule has 130 valence electrons. The van der Waals surface area contributed by atoms with Gasteiger partial charge in [-0.1, -0.05) is 70.8 Å². The highest BCUT2D eigenvalue weighted by atomic mass is 35.5. The molecule has 0 spiro atoms. The van der Waals surface area contributed by atoms with Crippen molar-refractivity contribution in [1.82, 2.24) is 5.16 Å². The number of rotatable bonds is 3. The minimum Gasteiger partial charge on any atom is -0.355 e. The van der Waals surface area contributed by atoms with E-state index in [-0.39, 0.29) is 0 Å². The molecule has 0 saturated heterocycles. The first-order valence-corrected chi connectivity index (χ1v) is 8.93. The van der Waals surface area contributed by atoms with Gasteiger partial charge in [0.2, 0.25) is 0 Å². The van der Waals surface area contributed by atoms with Crippen LogP contribution in [0.4, 0.5) is 0 Å². The molecule has 3 aromatic carbocycles. The van der Waals surface area contributed by atoms with E-state index < -0.39 is 0 Å². The van der Waals surface area contributed by atoms with Crippen molar-refractivity contribution in [2.45, 2.75) is 0 Å². The lowest BCUT2D eigenvalue weighted by molar-refractivity contribution is 0.441. The Morgan fingerprint density at radius 2 is 1.81 bits per heavy atom. The minimum absolute atomic E-state index is 0.436. The van der Waals surface area contributed by atoms with Gasteiger partial charge >= 0.3 is 0 Å². The Morgan fingerprint density at radius 3 is 2.56 bits per heavy atom. The van der Waals surface area contributed by atoms with E-state index in [2.05, 4.69) is 11.2 Å². The molecule has 0 bridgehead atoms. The summed E-state index contributed by atoms with van der Waals surface area (Å²) in [5.74, 6) is 0.698. The number of hydrogen-bond donors (Lipinski definition) is 0. The smallest absolute Gasteiger partial charge is 0.174 e. The Bertz CT molecular complexity index is 1200. The van der Waals surface area contributed by atoms with Gasteiger partial charge in [0.05, 0.1) is 22.1 Å². The summed E-state index contributed by atoms with van der Waals surface area (Å²) in [5, 5.41) is 15.6. The molecule has 0 saturated carbocycles. The fourth-order valence-corrected chi connectivity index (χ4v) is 3.40. The summed E-state index contributed by atoms with van der Waals surface area (Å²) < 4.78 is 5.53. The lowest BCUT2D eigenvalue weighted by Gasteiger charge is -2.04. The van der Waals surface area contributed by atoms with Gasteiger partial charge < -0.3 is 4.52 Å². The fourth-order valence-electron chi connectivity index (χ4n) is 2.89. The van der Waals surface area contributed by atoms with Crippen molar-refractivity contribution < 1.29 is 4.52 Å². The second-order valence-electron chi connectivity index (χ2n) is 5.95. The number of benzene rings is 3. The van der Waals surface area contributed by atoms with Crippen LogP contribution in [0.2, 0.25) is 10.0 Å². The van der Waals surface area contributed by atoms with Crippen LogP contribution in [0.1, 0.15) is 11.1 Å². The van der Waals surface area contributed by atoms with Crippen molar-refractivity contribution in [1.29, 1.82) is 5.26 Å². The maximum atomic E-state index is 9.60. The highest BCUT2D eigenvalue weighted by molar-refractivity contribution is 6.36. The third-order valence-electron chi connectivity index (χ3n) is 4.19. The molecule has 1 aromatic heterocycles. The molecule has 1 heterocycles. The lowest BCUT2D eigenvalue weighted by atomic mass is 10.0. The third kappa shape index (κ3) is 3.46. The summed E-state index contributed by atoms with van der Waals surface area (Å²) in [7, 11) is 0. The lowest BCUT2D eigenvalue weighted by Crippen LogP contribution is -1.85. The molecule has 4 aromatic rings. The molecule has 0 N–H and O–H groups in total. The van der Waals surface area contributed by atoms with Gasteiger partial charge in [-0.3, -0.25) is 0 Å². The summed E-state index contributed by atoms with van der Waals surface area (Å²) in [6.45, 7) is 0. The Hall–Kier alpha value is -3.06. The van der Waals surface area contributed by atoms with Gasteiger partial charge in [0.1, 0.15) is 5.52 Å². The normalized spacial score (nSPS) is 11.5. The fraction of sp³-hybridized carbons (Fsp3) is 0. The predicted octanol–water partition coefficient (Wildman–Crippen LogP) is 6.87. The van der Waals surface area contributed by atoms with Gasteiger partial charge in [0, 0.05) is 16.1 Å². The Kier molecular flexibility index (Phi) is 4.68. The molecule has 5 heteroatoms. The van der Waals surface area contributed by atoms with Gasteiger partial charge in [-0.2, -0.15) is 5.26 Å². The number of hydrogen-bond acceptors (Lipinski definition) is 3. The average Bonchev–Trinajstić information content (AvgIpc) is 3.10. The van der Waals surface area contributed by atoms with Crippen LogP contribution in [0.5, 0.6) is 0 Å². The Morgan fingerprint density at radius 1 is 1.00 bits per heavy atom. The quantitative estimate of drug-likeness (QED) is 0.283. The second-order valence-corrected chi connectivity index (χ2v) is 6.79. The maximum Gasteiger partial charge on any atom is 0.174 e. The Labute approximate surface area is 166 Å². The van der Waals surface area contributed by atoms with Crippen molar-refractivity contribution in [3.63, 3.8) is 0 Å². The van der Waals surface area contributed by atoms with Crippen LogP contribution in [0, 0.1) is 11.3 Å². The SMILES string of the molecule is N#C/C(=C\c1ccc2noc(-c3ccccc3)c2c1)c1ccc(Cl)cc1Cl. The van der Waals surface area contributed by atoms with E-state index in [0.717, 1.165) is 22.0 Å². The second kappa shape index (κ2) is 7.28. The number of aromatic nitrogens is 1. The van der Waals surface area contributed by atoms with Crippen molar-refractivity contribution in [2.75, 3.05) is 0 Å². The monoisotopic (exact) mass is 390 g/mol. The minimum atomic E-state index is 0.436. The summed E-state index contributed by atoms with van der Waals surface area (Å²) in [5.41, 5.74) is 3.65. The van der Waals surface area contributed by atoms with Crippen LogP contribution in [0.15, 0.2) is 71.3 Å². The molecule has 0 fully saturated rings. The molecule has 0 aliphatic rings. The zero-order chi connectivity index (χ0) is 18.8. The zero-order valence-corrected chi connectivity index (χ0v) is 15.5. The van der Waals surface area contributed by atoms with Crippen LogP contribution in [0.25, 0.3) is 33.9 Å². The number of fused-ring (bicyclic) bond motifs is 1. The number of halogens is 2. The molecular formula is C22H12Cl2N2O. The largest absolute Gasteiger partial charge is 0.355 e. The third-order valence-corrected chi connectivity index (χ3v) is 4.74. The number of nitriles is 1. The van der Waals surface area contributed by atoms with Gasteiger partial charge in [-0.25, -0.2) is 0 Å². The van der Waals surface area contributed by atoms with Gasteiger partial charge in [-0.15, -0.1) is 0 Å². The molecular weight excluding hydrogens is 379 g/mol. The molecule has 27 heavy (non-hydrogen) atoms. The molecule has 0 unspecified atom stereocenters. The maximum absolute atomic E-state index is 9.60. The molecule has 0 aliphatic heterocycles. The molecule has 0 aliphatic carbocycles. The average molecular weight is 391 g/mol. The van der Waals surface area contributed by atoms with Crippen molar-refractivity contribution in [3.05, 3.63) is 87.9 Å². The topological polar surface area (TPSA) is 49.8 Å². The number of allylic oxidation sites excluding steroid dienone is 1. The highest BCUT2D eigenvalue weighted by Crippen LogP contribution is 2.31. The van der Waals surface area contributed by atoms with Gasteiger partial charge in [0.15, 0.2) is 5.76 Å². The van der Waals surface area contributed by atoms with E-state index in [9.17, 15) is 5.26 Å². The molecule has 0 atom stereocenters. The zero-order valence-electron chi connectivity index (χ0n) is 14.0. The van der Waals surface area contributed by atoms with Crippen molar-refractivity contribution in [2.24, 2.45) is 0 Å². The standard InChI is InChI=1S/C22H12Cl2N2O/c23-17-7-8-18(20(24)12-17)16(13-25)10-14-6-9-21-19(11-14)22(27-26-21)15-4-2-1-3-5-15/h1-12H/b16-10+. The van der Waals surface area contributed by atoms with E-state index in [0.29, 0.717) is 26.9 Å². The predicted molar refractivity (Wildman–Crippen MR) is 109 cm³/mol. The van der Waals surface area contributed by atoms with Crippen LogP contribution in [-0.4, -0.2) is 5.16 Å². The first kappa shape index (κ1) is 17.4. The molecule has 0 radical (unpaired) electrons. The van der Waals surface area contributed by atoms with Crippen molar-refractivity contribution in [3.8, 4) is 17.4 Å². The summed E-state index contributed by atoms with van der Waals surface area (Å²) in [6, 6.07) is 22.8. The van der Waals surface area contributed by atoms with Crippen molar-refractivity contribution >= 4 is 45.8 Å². The van der Waals surface area contributed by atoms with E-state index in [4.69, 9.17) is 27.7 Å². The van der Waals surface area contributed by atoms with Gasteiger partial charge in [-0.05, 0) is 35.9 Å². The van der Waals surface area contributed by atoms with Crippen LogP contribution < -0.4 is 0 Å². The number of nitrogens with zero attached hydrogens (tertiary/aromatic N) is 2. The van der Waals surface area contributed by atoms with E-state index >= 15 is 0 Å². The first-order chi connectivity index (χ1) is 13.2. The van der Waals surface area contributed by atoms with E-state index in [1.54, 1.807) is 24.3 Å². The summed E-state index contributed by atoms with van der Waals surface area (Å²) in [6.07, 6.45) is 1.79.